The number of nitrogens with one attached hydrogen (secondary N) is 3. The number of carbonyl (C=O) groups is 2. The van der Waals surface area contributed by atoms with Gasteiger partial charge in [-0.1, -0.05) is 0 Å². The zero-order chi connectivity index (χ0) is 26.9. The molecule has 12 heteroatoms. The molecule has 0 atom stereocenters. The summed E-state index contributed by atoms with van der Waals surface area (Å²) in [6.45, 7) is 8.63. The quantitative estimate of drug-likeness (QED) is 0.344. The molecule has 1 saturated heterocycles. The Morgan fingerprint density at radius 2 is 1.95 bits per heavy atom. The number of hydrogen-bond donors (Lipinski definition) is 3. The molecule has 0 bridgehead atoms. The Morgan fingerprint density at radius 1 is 1.11 bits per heavy atom. The van der Waals surface area contributed by atoms with Crippen LogP contribution in [0.3, 0.4) is 0 Å². The van der Waals surface area contributed by atoms with Crippen LogP contribution in [-0.2, 0) is 7.05 Å². The van der Waals surface area contributed by atoms with E-state index in [1.807, 2.05) is 25.4 Å². The average molecular weight is 517 g/mol. The Balaban J connectivity index is 1.22. The van der Waals surface area contributed by atoms with Crippen molar-refractivity contribution >= 4 is 29.0 Å². The van der Waals surface area contributed by atoms with E-state index in [-0.39, 0.29) is 17.4 Å². The first-order chi connectivity index (χ1) is 18.2. The van der Waals surface area contributed by atoms with Crippen molar-refractivity contribution in [2.24, 2.45) is 7.05 Å². The number of hydrogen-bond acceptors (Lipinski definition) is 7. The first kappa shape index (κ1) is 25.3. The number of aryl methyl sites for hydroxylation is 2. The lowest BCUT2D eigenvalue weighted by Crippen LogP contribution is -2.43. The highest BCUT2D eigenvalue weighted by molar-refractivity contribution is 6.03. The van der Waals surface area contributed by atoms with Crippen molar-refractivity contribution in [1.29, 1.82) is 0 Å². The predicted octanol–water partition coefficient (Wildman–Crippen LogP) is 3.08. The molecule has 1 aliphatic heterocycles. The number of rotatable bonds is 7. The molecular formula is C26H32N10O2. The molecule has 5 rings (SSSR count). The molecule has 1 fully saturated rings. The lowest BCUT2D eigenvalue weighted by molar-refractivity contribution is 0.101. The fraction of sp³-hybridized carbons (Fsp3) is 0.385. The number of fused-ring (bicyclic) bond motifs is 1. The monoisotopic (exact) mass is 516 g/mol. The molecule has 4 aromatic rings. The summed E-state index contributed by atoms with van der Waals surface area (Å²) in [6.07, 6.45) is 9.33. The van der Waals surface area contributed by atoms with Gasteiger partial charge in [0.1, 0.15) is 0 Å². The van der Waals surface area contributed by atoms with Gasteiger partial charge in [0.2, 0.25) is 5.82 Å². The summed E-state index contributed by atoms with van der Waals surface area (Å²) in [5, 5.41) is 21.0. The van der Waals surface area contributed by atoms with Gasteiger partial charge >= 0.3 is 6.03 Å². The molecular weight excluding hydrogens is 484 g/mol. The normalized spacial score (nSPS) is 15.1. The number of amides is 3. The van der Waals surface area contributed by atoms with Gasteiger partial charge in [-0.05, 0) is 63.9 Å². The Bertz CT molecular complexity index is 1490. The number of carbonyl (C=O) groups excluding carboxylic acids is 2. The van der Waals surface area contributed by atoms with E-state index in [2.05, 4.69) is 55.0 Å². The van der Waals surface area contributed by atoms with E-state index in [0.717, 1.165) is 24.2 Å². The Hall–Kier alpha value is -4.32. The van der Waals surface area contributed by atoms with Crippen LogP contribution in [0.15, 0.2) is 43.0 Å². The van der Waals surface area contributed by atoms with Crippen LogP contribution in [0.1, 0.15) is 43.0 Å². The molecule has 1 aliphatic rings. The third-order valence-electron chi connectivity index (χ3n) is 6.98. The van der Waals surface area contributed by atoms with Crippen molar-refractivity contribution < 1.29 is 9.59 Å². The summed E-state index contributed by atoms with van der Waals surface area (Å²) in [6, 6.07) is 5.08. The van der Waals surface area contributed by atoms with Gasteiger partial charge in [0.15, 0.2) is 5.65 Å². The average Bonchev–Trinajstić information content (AvgIpc) is 3.59. The summed E-state index contributed by atoms with van der Waals surface area (Å²) in [5.74, 6) is -0.301. The summed E-state index contributed by atoms with van der Waals surface area (Å²) in [5.41, 5.74) is 4.12. The standard InChI is InChI=1S/C26H32N10O2/c1-17-21(13-20(15-28-17)30-25(38)27-8-11-35-9-5-7-26(35,2)3)31-24(37)23-33-32-22-12-18(6-10-36(22)23)19-14-29-34(4)16-19/h6,10,12-16H,5,7-9,11H2,1-4H3,(H,31,37)(H2,27,30,38). The fourth-order valence-electron chi connectivity index (χ4n) is 4.76. The summed E-state index contributed by atoms with van der Waals surface area (Å²) in [4.78, 5) is 32.2. The lowest BCUT2D eigenvalue weighted by Gasteiger charge is -2.31. The summed E-state index contributed by atoms with van der Waals surface area (Å²) >= 11 is 0. The van der Waals surface area contributed by atoms with Crippen LogP contribution in [0, 0.1) is 6.92 Å². The molecule has 0 aliphatic carbocycles. The van der Waals surface area contributed by atoms with Gasteiger partial charge in [0, 0.05) is 43.6 Å². The van der Waals surface area contributed by atoms with E-state index in [4.69, 9.17) is 0 Å². The maximum atomic E-state index is 13.1. The zero-order valence-corrected chi connectivity index (χ0v) is 22.0. The molecule has 0 radical (unpaired) electrons. The van der Waals surface area contributed by atoms with Crippen LogP contribution in [-0.4, -0.2) is 71.4 Å². The minimum atomic E-state index is -0.439. The van der Waals surface area contributed by atoms with Gasteiger partial charge in [-0.25, -0.2) is 4.79 Å². The topological polar surface area (TPSA) is 134 Å². The lowest BCUT2D eigenvalue weighted by atomic mass is 10.0. The highest BCUT2D eigenvalue weighted by atomic mass is 16.2. The maximum Gasteiger partial charge on any atom is 0.319 e. The molecule has 198 valence electrons. The van der Waals surface area contributed by atoms with Crippen LogP contribution in [0.4, 0.5) is 16.2 Å². The number of nitrogens with zero attached hydrogens (tertiary/aromatic N) is 7. The van der Waals surface area contributed by atoms with Crippen molar-refractivity contribution in [2.45, 2.75) is 39.2 Å². The van der Waals surface area contributed by atoms with Crippen LogP contribution in [0.5, 0.6) is 0 Å². The molecule has 0 saturated carbocycles. The number of pyridine rings is 2. The minimum Gasteiger partial charge on any atom is -0.337 e. The SMILES string of the molecule is Cc1ncc(NC(=O)NCCN2CCCC2(C)C)cc1NC(=O)c1nnc2cc(-c3cnn(C)c3)ccn12. The molecule has 0 aromatic carbocycles. The van der Waals surface area contributed by atoms with Gasteiger partial charge in [-0.2, -0.15) is 5.10 Å². The van der Waals surface area contributed by atoms with E-state index >= 15 is 0 Å². The molecule has 0 spiro atoms. The number of urea groups is 1. The molecule has 12 nitrogen and oxygen atoms in total. The summed E-state index contributed by atoms with van der Waals surface area (Å²) in [7, 11) is 1.85. The van der Waals surface area contributed by atoms with Gasteiger partial charge in [-0.3, -0.25) is 23.8 Å². The van der Waals surface area contributed by atoms with E-state index in [9.17, 15) is 9.59 Å². The van der Waals surface area contributed by atoms with E-state index in [1.54, 1.807) is 40.7 Å². The van der Waals surface area contributed by atoms with Crippen molar-refractivity contribution in [1.82, 2.24) is 39.6 Å². The highest BCUT2D eigenvalue weighted by Gasteiger charge is 2.31. The second-order valence-corrected chi connectivity index (χ2v) is 10.2. The molecule has 3 amide bonds. The first-order valence-corrected chi connectivity index (χ1v) is 12.6. The smallest absolute Gasteiger partial charge is 0.319 e. The van der Waals surface area contributed by atoms with Crippen molar-refractivity contribution in [3.05, 3.63) is 54.5 Å². The van der Waals surface area contributed by atoms with E-state index in [1.165, 1.54) is 12.8 Å². The van der Waals surface area contributed by atoms with E-state index in [0.29, 0.717) is 29.3 Å². The fourth-order valence-corrected chi connectivity index (χ4v) is 4.76. The number of anilines is 2. The van der Waals surface area contributed by atoms with Gasteiger partial charge in [0.25, 0.3) is 5.91 Å². The minimum absolute atomic E-state index is 0.137. The largest absolute Gasteiger partial charge is 0.337 e. The van der Waals surface area contributed by atoms with E-state index < -0.39 is 5.91 Å². The van der Waals surface area contributed by atoms with Crippen LogP contribution >= 0.6 is 0 Å². The van der Waals surface area contributed by atoms with Crippen molar-refractivity contribution in [3.63, 3.8) is 0 Å². The second-order valence-electron chi connectivity index (χ2n) is 10.2. The van der Waals surface area contributed by atoms with Gasteiger partial charge in [0.05, 0.1) is 29.5 Å². The van der Waals surface area contributed by atoms with Gasteiger partial charge < -0.3 is 16.0 Å². The molecule has 3 N–H and O–H groups in total. The third kappa shape index (κ3) is 5.35. The molecule has 5 heterocycles. The number of likely N-dealkylation sites (tertiary alicyclic amines) is 1. The zero-order valence-electron chi connectivity index (χ0n) is 22.0. The second kappa shape index (κ2) is 10.2. The van der Waals surface area contributed by atoms with Crippen LogP contribution in [0.2, 0.25) is 0 Å². The van der Waals surface area contributed by atoms with Gasteiger partial charge in [-0.15, -0.1) is 10.2 Å². The Kier molecular flexibility index (Phi) is 6.81. The maximum absolute atomic E-state index is 13.1. The predicted molar refractivity (Wildman–Crippen MR) is 144 cm³/mol. The first-order valence-electron chi connectivity index (χ1n) is 12.6. The Labute approximate surface area is 220 Å². The summed E-state index contributed by atoms with van der Waals surface area (Å²) < 4.78 is 3.34. The molecule has 4 aromatic heterocycles. The third-order valence-corrected chi connectivity index (χ3v) is 6.98. The van der Waals surface area contributed by atoms with Crippen LogP contribution < -0.4 is 16.0 Å². The Morgan fingerprint density at radius 3 is 2.68 bits per heavy atom. The van der Waals surface area contributed by atoms with Crippen LogP contribution in [0.25, 0.3) is 16.8 Å². The molecule has 38 heavy (non-hydrogen) atoms. The number of aromatic nitrogens is 6. The van der Waals surface area contributed by atoms with Crippen molar-refractivity contribution in [3.8, 4) is 11.1 Å². The highest BCUT2D eigenvalue weighted by Crippen LogP contribution is 2.27. The molecule has 0 unspecified atom stereocenters. The van der Waals surface area contributed by atoms with Crippen molar-refractivity contribution in [2.75, 3.05) is 30.3 Å².